The molecule has 0 bridgehead atoms. The number of thioether (sulfide) groups is 1. The number of hydrogen-bond acceptors (Lipinski definition) is 2. The third kappa shape index (κ3) is 3.99. The Hall–Kier alpha value is -0.280. The van der Waals surface area contributed by atoms with Crippen LogP contribution in [0.4, 0.5) is 0 Å². The molecule has 1 nitrogen and oxygen atoms in total. The summed E-state index contributed by atoms with van der Waals surface area (Å²) in [6.45, 7) is 4.42. The van der Waals surface area contributed by atoms with Crippen molar-refractivity contribution in [3.05, 3.63) is 28.2 Å². The molecule has 1 aromatic carbocycles. The van der Waals surface area contributed by atoms with Crippen molar-refractivity contribution in [2.75, 3.05) is 5.75 Å². The van der Waals surface area contributed by atoms with Gasteiger partial charge in [0.05, 0.1) is 0 Å². The molecule has 0 radical (unpaired) electrons. The Morgan fingerprint density at radius 1 is 1.53 bits per heavy atom. The molecule has 0 saturated heterocycles. The van der Waals surface area contributed by atoms with E-state index in [0.29, 0.717) is 5.92 Å². The van der Waals surface area contributed by atoms with E-state index in [-0.39, 0.29) is 0 Å². The third-order valence-corrected chi connectivity index (χ3v) is 4.22. The van der Waals surface area contributed by atoms with E-state index in [9.17, 15) is 4.79 Å². The number of rotatable bonds is 5. The second kappa shape index (κ2) is 6.33. The predicted octanol–water partition coefficient (Wildman–Crippen LogP) is 4.40. The first kappa shape index (κ1) is 12.8. The molecule has 0 aliphatic carbocycles. The van der Waals surface area contributed by atoms with Crippen molar-refractivity contribution >= 4 is 34.0 Å². The Balaban J connectivity index is 2.74. The zero-order valence-corrected chi connectivity index (χ0v) is 11.4. The van der Waals surface area contributed by atoms with Crippen LogP contribution in [-0.2, 0) is 0 Å². The fraction of sp³-hybridized carbons (Fsp3) is 0.417. The maximum Gasteiger partial charge on any atom is 0.151 e. The van der Waals surface area contributed by atoms with Crippen molar-refractivity contribution in [1.29, 1.82) is 0 Å². The van der Waals surface area contributed by atoms with Crippen LogP contribution in [0.5, 0.6) is 0 Å². The molecule has 3 heteroatoms. The smallest absolute Gasteiger partial charge is 0.151 e. The first-order valence-corrected chi connectivity index (χ1v) is 6.82. The summed E-state index contributed by atoms with van der Waals surface area (Å²) in [5.41, 5.74) is 0.784. The first-order chi connectivity index (χ1) is 7.17. The summed E-state index contributed by atoms with van der Waals surface area (Å²) < 4.78 is 1.03. The normalized spacial score (nSPS) is 12.5. The number of carbonyl (C=O) groups excluding carboxylic acids is 1. The Bertz CT molecular complexity index is 338. The van der Waals surface area contributed by atoms with E-state index in [0.717, 1.165) is 27.0 Å². The lowest BCUT2D eigenvalue weighted by atomic mass is 10.2. The summed E-state index contributed by atoms with van der Waals surface area (Å²) in [6, 6.07) is 5.77. The average molecular weight is 287 g/mol. The van der Waals surface area contributed by atoms with Gasteiger partial charge >= 0.3 is 0 Å². The quantitative estimate of drug-likeness (QED) is 0.590. The predicted molar refractivity (Wildman–Crippen MR) is 69.7 cm³/mol. The maximum atomic E-state index is 10.8. The standard InChI is InChI=1S/C12H15BrOS/c1-3-9(2)8-15-12-6-11(13)5-4-10(12)7-14/h4-7,9H,3,8H2,1-2H3. The minimum atomic E-state index is 0.688. The van der Waals surface area contributed by atoms with Gasteiger partial charge in [-0.15, -0.1) is 11.8 Å². The summed E-state index contributed by atoms with van der Waals surface area (Å²) in [5, 5.41) is 0. The molecule has 0 spiro atoms. The SMILES string of the molecule is CCC(C)CSc1cc(Br)ccc1C=O. The van der Waals surface area contributed by atoms with Crippen LogP contribution in [0.15, 0.2) is 27.6 Å². The van der Waals surface area contributed by atoms with Gasteiger partial charge in [-0.25, -0.2) is 0 Å². The minimum Gasteiger partial charge on any atom is -0.298 e. The van der Waals surface area contributed by atoms with Gasteiger partial charge in [0.2, 0.25) is 0 Å². The van der Waals surface area contributed by atoms with Crippen molar-refractivity contribution in [1.82, 2.24) is 0 Å². The van der Waals surface area contributed by atoms with E-state index in [2.05, 4.69) is 29.8 Å². The highest BCUT2D eigenvalue weighted by Gasteiger charge is 2.05. The Morgan fingerprint density at radius 2 is 2.27 bits per heavy atom. The van der Waals surface area contributed by atoms with E-state index in [4.69, 9.17) is 0 Å². The topological polar surface area (TPSA) is 17.1 Å². The molecule has 1 unspecified atom stereocenters. The summed E-state index contributed by atoms with van der Waals surface area (Å²) in [4.78, 5) is 11.9. The highest BCUT2D eigenvalue weighted by molar-refractivity contribution is 9.10. The highest BCUT2D eigenvalue weighted by atomic mass is 79.9. The molecule has 0 heterocycles. The molecule has 1 aromatic rings. The van der Waals surface area contributed by atoms with Crippen molar-refractivity contribution in [2.24, 2.45) is 5.92 Å². The third-order valence-electron chi connectivity index (χ3n) is 2.32. The van der Waals surface area contributed by atoms with Gasteiger partial charge in [0.1, 0.15) is 0 Å². The Labute approximate surface area is 104 Å². The van der Waals surface area contributed by atoms with Crippen LogP contribution >= 0.6 is 27.7 Å². The van der Waals surface area contributed by atoms with Gasteiger partial charge in [-0.1, -0.05) is 36.2 Å². The lowest BCUT2D eigenvalue weighted by molar-refractivity contribution is 0.112. The zero-order chi connectivity index (χ0) is 11.3. The molecule has 82 valence electrons. The van der Waals surface area contributed by atoms with Crippen LogP contribution in [0.3, 0.4) is 0 Å². The molecular formula is C12H15BrOS. The van der Waals surface area contributed by atoms with Gasteiger partial charge in [0, 0.05) is 20.7 Å². The lowest BCUT2D eigenvalue weighted by Gasteiger charge is -2.09. The minimum absolute atomic E-state index is 0.688. The molecule has 0 aliphatic heterocycles. The lowest BCUT2D eigenvalue weighted by Crippen LogP contribution is -1.96. The van der Waals surface area contributed by atoms with Gasteiger partial charge in [0.25, 0.3) is 0 Å². The van der Waals surface area contributed by atoms with Crippen LogP contribution in [0.25, 0.3) is 0 Å². The van der Waals surface area contributed by atoms with Crippen molar-refractivity contribution < 1.29 is 4.79 Å². The molecule has 0 fully saturated rings. The molecule has 1 rings (SSSR count). The monoisotopic (exact) mass is 286 g/mol. The maximum absolute atomic E-state index is 10.8. The van der Waals surface area contributed by atoms with Gasteiger partial charge < -0.3 is 0 Å². The second-order valence-electron chi connectivity index (χ2n) is 3.62. The molecule has 0 N–H and O–H groups in total. The van der Waals surface area contributed by atoms with E-state index in [1.54, 1.807) is 11.8 Å². The molecular weight excluding hydrogens is 272 g/mol. The summed E-state index contributed by atoms with van der Waals surface area (Å²) in [7, 11) is 0. The van der Waals surface area contributed by atoms with E-state index >= 15 is 0 Å². The Kier molecular flexibility index (Phi) is 5.40. The van der Waals surface area contributed by atoms with E-state index < -0.39 is 0 Å². The highest BCUT2D eigenvalue weighted by Crippen LogP contribution is 2.27. The van der Waals surface area contributed by atoms with Crippen LogP contribution in [0, 0.1) is 5.92 Å². The number of halogens is 1. The molecule has 0 amide bonds. The average Bonchev–Trinajstić information content (AvgIpc) is 2.26. The van der Waals surface area contributed by atoms with Crippen molar-refractivity contribution in [3.8, 4) is 0 Å². The van der Waals surface area contributed by atoms with Gasteiger partial charge in [-0.3, -0.25) is 4.79 Å². The fourth-order valence-electron chi connectivity index (χ4n) is 1.08. The number of benzene rings is 1. The van der Waals surface area contributed by atoms with Gasteiger partial charge in [0.15, 0.2) is 6.29 Å². The molecule has 0 aromatic heterocycles. The molecule has 0 aliphatic rings. The number of carbonyl (C=O) groups is 1. The summed E-state index contributed by atoms with van der Waals surface area (Å²) >= 11 is 5.18. The van der Waals surface area contributed by atoms with Crippen LogP contribution in [0.1, 0.15) is 30.6 Å². The van der Waals surface area contributed by atoms with Crippen molar-refractivity contribution in [2.45, 2.75) is 25.2 Å². The molecule has 0 saturated carbocycles. The molecule has 15 heavy (non-hydrogen) atoms. The van der Waals surface area contributed by atoms with Crippen molar-refractivity contribution in [3.63, 3.8) is 0 Å². The fourth-order valence-corrected chi connectivity index (χ4v) is 2.79. The summed E-state index contributed by atoms with van der Waals surface area (Å²) in [6.07, 6.45) is 2.10. The zero-order valence-electron chi connectivity index (χ0n) is 9.00. The van der Waals surface area contributed by atoms with Gasteiger partial charge in [-0.05, 0) is 24.1 Å². The van der Waals surface area contributed by atoms with Crippen LogP contribution < -0.4 is 0 Å². The second-order valence-corrected chi connectivity index (χ2v) is 5.60. The van der Waals surface area contributed by atoms with E-state index in [1.165, 1.54) is 6.42 Å². The summed E-state index contributed by atoms with van der Waals surface area (Å²) in [5.74, 6) is 1.75. The largest absolute Gasteiger partial charge is 0.298 e. The van der Waals surface area contributed by atoms with Gasteiger partial charge in [-0.2, -0.15) is 0 Å². The van der Waals surface area contributed by atoms with Crippen LogP contribution in [-0.4, -0.2) is 12.0 Å². The number of aldehydes is 1. The van der Waals surface area contributed by atoms with Crippen LogP contribution in [0.2, 0.25) is 0 Å². The molecule has 1 atom stereocenters. The van der Waals surface area contributed by atoms with E-state index in [1.807, 2.05) is 18.2 Å². The Morgan fingerprint density at radius 3 is 2.87 bits per heavy atom. The number of hydrogen-bond donors (Lipinski definition) is 0. The first-order valence-electron chi connectivity index (χ1n) is 5.05.